The highest BCUT2D eigenvalue weighted by atomic mass is 14.7. The van der Waals surface area contributed by atoms with Gasteiger partial charge in [0.2, 0.25) is 0 Å². The summed E-state index contributed by atoms with van der Waals surface area (Å²) < 4.78 is 0. The average Bonchev–Trinajstić information content (AvgIpc) is 3.22. The average molecular weight is 286 g/mol. The van der Waals surface area contributed by atoms with E-state index in [4.69, 9.17) is 0 Å². The molecule has 0 spiro atoms. The molecule has 0 amide bonds. The molecule has 0 saturated carbocycles. The van der Waals surface area contributed by atoms with E-state index in [1.807, 2.05) is 48.6 Å². The van der Waals surface area contributed by atoms with Crippen LogP contribution in [0.1, 0.15) is 11.4 Å². The van der Waals surface area contributed by atoms with Crippen LogP contribution in [0.5, 0.6) is 0 Å². The Balaban J connectivity index is 2.00. The second-order valence-corrected chi connectivity index (χ2v) is 5.10. The fraction of sp³-hybridized carbons (Fsp3) is 0. The lowest BCUT2D eigenvalue weighted by molar-refractivity contribution is 1.29. The fourth-order valence-corrected chi connectivity index (χ4v) is 2.40. The van der Waals surface area contributed by atoms with Crippen LogP contribution in [-0.4, -0.2) is 19.9 Å². The number of aromatic amines is 2. The van der Waals surface area contributed by atoms with E-state index in [9.17, 15) is 0 Å². The van der Waals surface area contributed by atoms with Crippen LogP contribution in [0.2, 0.25) is 0 Å². The molecule has 4 rings (SSSR count). The summed E-state index contributed by atoms with van der Waals surface area (Å²) in [6.45, 7) is 0. The molecule has 0 atom stereocenters. The highest BCUT2D eigenvalue weighted by Gasteiger charge is 1.96. The molecule has 106 valence electrons. The van der Waals surface area contributed by atoms with Crippen molar-refractivity contribution in [2.45, 2.75) is 0 Å². The van der Waals surface area contributed by atoms with Gasteiger partial charge in [-0.1, -0.05) is 0 Å². The Bertz CT molecular complexity index is 992. The summed E-state index contributed by atoms with van der Waals surface area (Å²) in [5.41, 5.74) is 5.97. The van der Waals surface area contributed by atoms with E-state index in [0.29, 0.717) is 0 Å². The number of nitrogens with one attached hydrogen (secondary N) is 2. The van der Waals surface area contributed by atoms with Crippen LogP contribution in [0.25, 0.3) is 34.2 Å². The first-order chi connectivity index (χ1) is 10.8. The van der Waals surface area contributed by atoms with Gasteiger partial charge in [0.05, 0.1) is 11.4 Å². The van der Waals surface area contributed by atoms with Crippen molar-refractivity contribution in [3.05, 3.63) is 72.3 Å². The Morgan fingerprint density at radius 1 is 0.591 bits per heavy atom. The molecular weight excluding hydrogens is 272 g/mol. The van der Waals surface area contributed by atoms with Crippen LogP contribution in [0, 0.1) is 0 Å². The Kier molecular flexibility index (Phi) is 3.05. The van der Waals surface area contributed by atoms with Crippen molar-refractivity contribution in [3.8, 4) is 0 Å². The first kappa shape index (κ1) is 12.6. The molecule has 0 aliphatic carbocycles. The van der Waals surface area contributed by atoms with Gasteiger partial charge in [-0.2, -0.15) is 0 Å². The Hall–Kier alpha value is -3.14. The molecule has 3 aromatic rings. The van der Waals surface area contributed by atoms with Crippen LogP contribution in [-0.2, 0) is 0 Å². The van der Waals surface area contributed by atoms with E-state index in [0.717, 1.165) is 33.5 Å². The largest absolute Gasteiger partial charge is 0.355 e. The van der Waals surface area contributed by atoms with Crippen LogP contribution >= 0.6 is 0 Å². The Morgan fingerprint density at radius 2 is 1.23 bits per heavy atom. The number of H-pyrrole nitrogens is 2. The third-order valence-corrected chi connectivity index (χ3v) is 3.43. The second-order valence-electron chi connectivity index (χ2n) is 5.10. The van der Waals surface area contributed by atoms with Crippen molar-refractivity contribution < 1.29 is 0 Å². The van der Waals surface area contributed by atoms with Crippen molar-refractivity contribution >= 4 is 34.2 Å². The van der Waals surface area contributed by atoms with Crippen molar-refractivity contribution in [2.24, 2.45) is 0 Å². The molecule has 0 saturated heterocycles. The van der Waals surface area contributed by atoms with E-state index in [1.165, 1.54) is 0 Å². The zero-order chi connectivity index (χ0) is 14.8. The quantitative estimate of drug-likeness (QED) is 0.509. The van der Waals surface area contributed by atoms with Crippen LogP contribution in [0.3, 0.4) is 0 Å². The molecule has 3 aromatic heterocycles. The third-order valence-electron chi connectivity index (χ3n) is 3.43. The van der Waals surface area contributed by atoms with Gasteiger partial charge in [0.25, 0.3) is 0 Å². The molecule has 0 fully saturated rings. The normalized spacial score (nSPS) is 11.5. The topological polar surface area (TPSA) is 57.4 Å². The molecular formula is C18H14N4. The summed E-state index contributed by atoms with van der Waals surface area (Å²) in [5, 5.41) is 0. The Morgan fingerprint density at radius 3 is 2.09 bits per heavy atom. The highest BCUT2D eigenvalue weighted by molar-refractivity contribution is 5.73. The fourth-order valence-electron chi connectivity index (χ4n) is 2.40. The smallest absolute Gasteiger partial charge is 0.0658 e. The number of rotatable bonds is 0. The molecule has 0 aromatic carbocycles. The zero-order valence-corrected chi connectivity index (χ0v) is 11.8. The SMILES string of the molecule is C1=Cc2cc3ccc(cc4ccc(ccnccc1n2)[nH]4)[nH]3. The maximum Gasteiger partial charge on any atom is 0.0658 e. The first-order valence-corrected chi connectivity index (χ1v) is 7.09. The summed E-state index contributed by atoms with van der Waals surface area (Å²) in [4.78, 5) is 15.4. The predicted octanol–water partition coefficient (Wildman–Crippen LogP) is 4.17. The molecule has 22 heavy (non-hydrogen) atoms. The van der Waals surface area contributed by atoms with Crippen LogP contribution in [0.4, 0.5) is 0 Å². The number of nitrogens with zero attached hydrogens (tertiary/aromatic N) is 2. The highest BCUT2D eigenvalue weighted by Crippen LogP contribution is 2.12. The van der Waals surface area contributed by atoms with E-state index >= 15 is 0 Å². The molecule has 1 aliphatic rings. The van der Waals surface area contributed by atoms with Gasteiger partial charge in [-0.25, -0.2) is 4.98 Å². The van der Waals surface area contributed by atoms with Gasteiger partial charge in [0.1, 0.15) is 0 Å². The predicted molar refractivity (Wildman–Crippen MR) is 89.9 cm³/mol. The van der Waals surface area contributed by atoms with Gasteiger partial charge in [0, 0.05) is 34.5 Å². The summed E-state index contributed by atoms with van der Waals surface area (Å²) >= 11 is 0. The third kappa shape index (κ3) is 2.67. The van der Waals surface area contributed by atoms with Gasteiger partial charge < -0.3 is 9.97 Å². The molecule has 1 aliphatic heterocycles. The summed E-state index contributed by atoms with van der Waals surface area (Å²) in [7, 11) is 0. The number of hydrogen-bond acceptors (Lipinski definition) is 2. The lowest BCUT2D eigenvalue weighted by Crippen LogP contribution is -1.73. The van der Waals surface area contributed by atoms with E-state index in [2.05, 4.69) is 32.1 Å². The summed E-state index contributed by atoms with van der Waals surface area (Å²) in [6, 6.07) is 16.1. The van der Waals surface area contributed by atoms with Crippen molar-refractivity contribution in [1.29, 1.82) is 0 Å². The van der Waals surface area contributed by atoms with E-state index in [-0.39, 0.29) is 0 Å². The maximum absolute atomic E-state index is 4.52. The molecule has 0 unspecified atom stereocenters. The Labute approximate surface area is 127 Å². The lowest BCUT2D eigenvalue weighted by atomic mass is 10.3. The minimum Gasteiger partial charge on any atom is -0.355 e. The van der Waals surface area contributed by atoms with Crippen molar-refractivity contribution in [2.75, 3.05) is 0 Å². The molecule has 6 bridgehead atoms. The van der Waals surface area contributed by atoms with Crippen LogP contribution < -0.4 is 0 Å². The maximum atomic E-state index is 4.52. The van der Waals surface area contributed by atoms with E-state index < -0.39 is 0 Å². The lowest BCUT2D eigenvalue weighted by Gasteiger charge is -1.83. The number of fused-ring (bicyclic) bond motifs is 6. The summed E-state index contributed by atoms with van der Waals surface area (Å²) in [5.74, 6) is 0. The second kappa shape index (κ2) is 5.33. The summed E-state index contributed by atoms with van der Waals surface area (Å²) in [6.07, 6.45) is 7.49. The minimum atomic E-state index is 0.899. The monoisotopic (exact) mass is 286 g/mol. The number of aromatic nitrogens is 4. The molecule has 0 radical (unpaired) electrons. The molecule has 4 heterocycles. The van der Waals surface area contributed by atoms with Crippen molar-refractivity contribution in [3.63, 3.8) is 0 Å². The van der Waals surface area contributed by atoms with Crippen LogP contribution in [0.15, 0.2) is 60.9 Å². The number of hydrogen-bond donors (Lipinski definition) is 2. The van der Waals surface area contributed by atoms with Gasteiger partial charge >= 0.3 is 0 Å². The molecule has 4 nitrogen and oxygen atoms in total. The molecule has 2 N–H and O–H groups in total. The molecule has 4 heteroatoms. The van der Waals surface area contributed by atoms with Gasteiger partial charge in [-0.05, 0) is 60.7 Å². The zero-order valence-electron chi connectivity index (χ0n) is 11.8. The van der Waals surface area contributed by atoms with E-state index in [1.54, 1.807) is 12.4 Å². The van der Waals surface area contributed by atoms with Gasteiger partial charge in [-0.15, -0.1) is 0 Å². The standard InChI is InChI=1S/C18H14N4/c1-3-15-11-17-5-6-18(22-17)12-16-4-2-14(21-16)8-10-19-9-7-13(1)20-15/h1-12,20,22H. The first-order valence-electron chi connectivity index (χ1n) is 7.09. The van der Waals surface area contributed by atoms with Crippen molar-refractivity contribution in [1.82, 2.24) is 19.9 Å². The van der Waals surface area contributed by atoms with Gasteiger partial charge in [0.15, 0.2) is 0 Å². The van der Waals surface area contributed by atoms with Gasteiger partial charge in [-0.3, -0.25) is 4.98 Å². The minimum absolute atomic E-state index is 0.899.